The molecule has 2 N–H and O–H groups in total. The third-order valence-corrected chi connectivity index (χ3v) is 6.25. The quantitative estimate of drug-likeness (QED) is 0.391. The second-order valence-electron chi connectivity index (χ2n) is 8.04. The monoisotopic (exact) mass is 477 g/mol. The van der Waals surface area contributed by atoms with Gasteiger partial charge in [0.05, 0.1) is 29.9 Å². The summed E-state index contributed by atoms with van der Waals surface area (Å²) in [6.45, 7) is 1.96. The lowest BCUT2D eigenvalue weighted by molar-refractivity contribution is 0.415. The summed E-state index contributed by atoms with van der Waals surface area (Å²) in [5.41, 5.74) is 9.59. The zero-order valence-corrected chi connectivity index (χ0v) is 19.7. The minimum absolute atomic E-state index is 0.155. The number of benzene rings is 3. The molecule has 5 nitrogen and oxygen atoms in total. The normalized spacial score (nSPS) is 11.9. The number of aromatic nitrogens is 2. The summed E-state index contributed by atoms with van der Waals surface area (Å²) in [4.78, 5) is 13.7. The van der Waals surface area contributed by atoms with E-state index in [-0.39, 0.29) is 24.3 Å². The van der Waals surface area contributed by atoms with Crippen molar-refractivity contribution in [3.63, 3.8) is 0 Å². The second-order valence-corrected chi connectivity index (χ2v) is 8.42. The zero-order valence-electron chi connectivity index (χ0n) is 19.0. The van der Waals surface area contributed by atoms with E-state index in [2.05, 4.69) is 5.10 Å². The van der Waals surface area contributed by atoms with Crippen molar-refractivity contribution in [2.24, 2.45) is 5.73 Å². The van der Waals surface area contributed by atoms with Gasteiger partial charge in [0.15, 0.2) is 0 Å². The molecule has 174 valence electrons. The Balaban J connectivity index is 1.88. The molecular formula is C27H25ClFN3O2. The molecule has 1 unspecified atom stereocenters. The van der Waals surface area contributed by atoms with Crippen LogP contribution in [0.2, 0.25) is 5.02 Å². The number of hydrogen-bond acceptors (Lipinski definition) is 4. The largest absolute Gasteiger partial charge is 0.495 e. The molecule has 7 heteroatoms. The van der Waals surface area contributed by atoms with Gasteiger partial charge >= 0.3 is 0 Å². The molecule has 34 heavy (non-hydrogen) atoms. The van der Waals surface area contributed by atoms with Crippen LogP contribution in [0.4, 0.5) is 4.39 Å². The molecule has 0 fully saturated rings. The van der Waals surface area contributed by atoms with E-state index >= 15 is 0 Å². The molecule has 0 aliphatic carbocycles. The van der Waals surface area contributed by atoms with Crippen LogP contribution >= 0.6 is 11.6 Å². The molecule has 0 radical (unpaired) electrons. The Morgan fingerprint density at radius 3 is 2.47 bits per heavy atom. The molecule has 0 aliphatic heterocycles. The van der Waals surface area contributed by atoms with Gasteiger partial charge in [-0.05, 0) is 35.7 Å². The number of nitrogens with zero attached hydrogens (tertiary/aromatic N) is 2. The molecule has 0 bridgehead atoms. The summed E-state index contributed by atoms with van der Waals surface area (Å²) < 4.78 is 21.2. The minimum atomic E-state index is -0.455. The number of ether oxygens (including phenoxy) is 1. The molecule has 0 aliphatic rings. The van der Waals surface area contributed by atoms with Crippen LogP contribution in [-0.2, 0) is 13.0 Å². The highest BCUT2D eigenvalue weighted by atomic mass is 35.5. The average Bonchev–Trinajstić information content (AvgIpc) is 2.85. The van der Waals surface area contributed by atoms with Gasteiger partial charge in [-0.25, -0.2) is 9.07 Å². The molecule has 1 heterocycles. The van der Waals surface area contributed by atoms with E-state index in [0.717, 1.165) is 5.56 Å². The number of methoxy groups -OCH3 is 1. The maximum Gasteiger partial charge on any atom is 0.275 e. The van der Waals surface area contributed by atoms with Crippen molar-refractivity contribution in [2.75, 3.05) is 7.11 Å². The van der Waals surface area contributed by atoms with Gasteiger partial charge in [0.1, 0.15) is 11.6 Å². The summed E-state index contributed by atoms with van der Waals surface area (Å²) in [6, 6.07) is 20.9. The molecule has 1 atom stereocenters. The van der Waals surface area contributed by atoms with Crippen molar-refractivity contribution in [3.05, 3.63) is 116 Å². The number of rotatable bonds is 7. The van der Waals surface area contributed by atoms with E-state index in [0.29, 0.717) is 38.7 Å². The standard InChI is InChI=1S/C27H25ClFN3O2/c1-17-23(15-19-11-6-7-13-21(19)29)31-32(16-22(30)18-9-4-3-5-10-18)27(33)25(17)20-12-8-14-24(34-2)26(20)28/h3-14,22H,15-16,30H2,1-2H3. The highest BCUT2D eigenvalue weighted by Gasteiger charge is 2.21. The maximum absolute atomic E-state index is 14.5. The van der Waals surface area contributed by atoms with Gasteiger partial charge in [0, 0.05) is 18.0 Å². The van der Waals surface area contributed by atoms with Gasteiger partial charge in [0.2, 0.25) is 0 Å². The van der Waals surface area contributed by atoms with Gasteiger partial charge in [-0.15, -0.1) is 0 Å². The fraction of sp³-hybridized carbons (Fsp3) is 0.185. The minimum Gasteiger partial charge on any atom is -0.495 e. The Labute approximate surface area is 202 Å². The first kappa shape index (κ1) is 23.7. The summed E-state index contributed by atoms with van der Waals surface area (Å²) >= 11 is 6.60. The highest BCUT2D eigenvalue weighted by molar-refractivity contribution is 6.34. The van der Waals surface area contributed by atoms with Crippen LogP contribution in [0.1, 0.15) is 28.4 Å². The Bertz CT molecular complexity index is 1370. The third-order valence-electron chi connectivity index (χ3n) is 5.86. The summed E-state index contributed by atoms with van der Waals surface area (Å²) in [5, 5.41) is 4.94. The Hall–Kier alpha value is -3.48. The summed E-state index contributed by atoms with van der Waals surface area (Å²) in [7, 11) is 1.52. The van der Waals surface area contributed by atoms with Crippen LogP contribution in [-0.4, -0.2) is 16.9 Å². The molecule has 0 amide bonds. The van der Waals surface area contributed by atoms with Crippen molar-refractivity contribution < 1.29 is 9.13 Å². The molecule has 4 aromatic rings. The third kappa shape index (κ3) is 4.74. The van der Waals surface area contributed by atoms with Gasteiger partial charge in [-0.3, -0.25) is 4.79 Å². The van der Waals surface area contributed by atoms with Gasteiger partial charge in [-0.1, -0.05) is 72.3 Å². The number of halogens is 2. The molecule has 0 saturated carbocycles. The first-order chi connectivity index (χ1) is 16.4. The van der Waals surface area contributed by atoms with Crippen molar-refractivity contribution >= 4 is 11.6 Å². The van der Waals surface area contributed by atoms with Gasteiger partial charge < -0.3 is 10.5 Å². The van der Waals surface area contributed by atoms with Crippen LogP contribution in [0, 0.1) is 12.7 Å². The van der Waals surface area contributed by atoms with Crippen LogP contribution in [0.3, 0.4) is 0 Å². The van der Waals surface area contributed by atoms with E-state index in [9.17, 15) is 9.18 Å². The predicted molar refractivity (Wildman–Crippen MR) is 133 cm³/mol. The van der Waals surface area contributed by atoms with Crippen LogP contribution in [0.25, 0.3) is 11.1 Å². The van der Waals surface area contributed by atoms with Gasteiger partial charge in [0.25, 0.3) is 5.56 Å². The molecule has 4 rings (SSSR count). The topological polar surface area (TPSA) is 70.1 Å². The molecule has 1 aromatic heterocycles. The Morgan fingerprint density at radius 2 is 1.76 bits per heavy atom. The van der Waals surface area contributed by atoms with Crippen molar-refractivity contribution in [2.45, 2.75) is 25.9 Å². The van der Waals surface area contributed by atoms with Crippen LogP contribution in [0.5, 0.6) is 5.75 Å². The number of hydrogen-bond donors (Lipinski definition) is 1. The summed E-state index contributed by atoms with van der Waals surface area (Å²) in [5.74, 6) is 0.126. The lowest BCUT2D eigenvalue weighted by Gasteiger charge is -2.19. The fourth-order valence-electron chi connectivity index (χ4n) is 3.98. The molecular weight excluding hydrogens is 453 g/mol. The average molecular weight is 478 g/mol. The Morgan fingerprint density at radius 1 is 1.06 bits per heavy atom. The smallest absolute Gasteiger partial charge is 0.275 e. The SMILES string of the molecule is COc1cccc(-c2c(C)c(Cc3ccccc3F)nn(CC(N)c3ccccc3)c2=O)c1Cl. The van der Waals surface area contributed by atoms with Crippen molar-refractivity contribution in [3.8, 4) is 16.9 Å². The van der Waals surface area contributed by atoms with E-state index < -0.39 is 6.04 Å². The van der Waals surface area contributed by atoms with E-state index in [1.165, 1.54) is 17.9 Å². The first-order valence-electron chi connectivity index (χ1n) is 10.9. The van der Waals surface area contributed by atoms with E-state index in [4.69, 9.17) is 22.1 Å². The highest BCUT2D eigenvalue weighted by Crippen LogP contribution is 2.35. The lowest BCUT2D eigenvalue weighted by Crippen LogP contribution is -2.32. The molecule has 0 spiro atoms. The van der Waals surface area contributed by atoms with E-state index in [1.54, 1.807) is 43.3 Å². The lowest BCUT2D eigenvalue weighted by atomic mass is 9.97. The van der Waals surface area contributed by atoms with Crippen LogP contribution < -0.4 is 16.0 Å². The number of nitrogens with two attached hydrogens (primary N) is 1. The van der Waals surface area contributed by atoms with Crippen molar-refractivity contribution in [1.82, 2.24) is 9.78 Å². The molecule has 3 aromatic carbocycles. The van der Waals surface area contributed by atoms with Crippen molar-refractivity contribution in [1.29, 1.82) is 0 Å². The summed E-state index contributed by atoms with van der Waals surface area (Å²) in [6.07, 6.45) is 0.216. The maximum atomic E-state index is 14.5. The molecule has 0 saturated heterocycles. The first-order valence-corrected chi connectivity index (χ1v) is 11.3. The van der Waals surface area contributed by atoms with Crippen LogP contribution in [0.15, 0.2) is 77.6 Å². The van der Waals surface area contributed by atoms with E-state index in [1.807, 2.05) is 30.3 Å². The zero-order chi connectivity index (χ0) is 24.2. The predicted octanol–water partition coefficient (Wildman–Crippen LogP) is 5.31. The second kappa shape index (κ2) is 10.2. The van der Waals surface area contributed by atoms with Gasteiger partial charge in [-0.2, -0.15) is 5.10 Å². The Kier molecular flexibility index (Phi) is 7.10. The fourth-order valence-corrected chi connectivity index (χ4v) is 4.28.